The number of aromatic nitrogens is 3. The van der Waals surface area contributed by atoms with Crippen molar-refractivity contribution in [2.45, 2.75) is 57.7 Å². The Kier molecular flexibility index (Phi) is 7.45. The SMILES string of the molecule is CCc1c(F)ccc2cc(O)cc(-c3ncc4c(N5CCC(C)(C(=O)OC)C5)nc(OC[C@@]56CCCN5C[C@H](F)C6)nc4c3F)c12. The predicted octanol–water partition coefficient (Wildman–Crippen LogP) is 5.74. The molecule has 0 spiro atoms. The van der Waals surface area contributed by atoms with Crippen LogP contribution in [0, 0.1) is 17.0 Å². The Hall–Kier alpha value is -4.19. The number of aryl methyl sites for hydroxylation is 1. The van der Waals surface area contributed by atoms with E-state index in [0.717, 1.165) is 19.4 Å². The van der Waals surface area contributed by atoms with Gasteiger partial charge in [-0.2, -0.15) is 9.97 Å². The van der Waals surface area contributed by atoms with Crippen molar-refractivity contribution in [2.24, 2.45) is 5.41 Å². The van der Waals surface area contributed by atoms with E-state index >= 15 is 4.39 Å². The van der Waals surface area contributed by atoms with Crippen molar-refractivity contribution in [1.29, 1.82) is 0 Å². The lowest BCUT2D eigenvalue weighted by Gasteiger charge is -2.31. The fraction of sp³-hybridized carbons (Fsp3) is 0.471. The zero-order valence-corrected chi connectivity index (χ0v) is 26.1. The van der Waals surface area contributed by atoms with Crippen molar-refractivity contribution in [3.05, 3.63) is 47.7 Å². The van der Waals surface area contributed by atoms with Crippen LogP contribution in [0.1, 0.15) is 45.1 Å². The van der Waals surface area contributed by atoms with Gasteiger partial charge in [-0.15, -0.1) is 0 Å². The first-order chi connectivity index (χ1) is 22.1. The summed E-state index contributed by atoms with van der Waals surface area (Å²) in [6.45, 7) is 5.62. The maximum atomic E-state index is 16.8. The number of anilines is 1. The number of carbonyl (C=O) groups is 1. The Morgan fingerprint density at radius 2 is 2.00 bits per heavy atom. The first kappa shape index (κ1) is 30.5. The largest absolute Gasteiger partial charge is 0.508 e. The summed E-state index contributed by atoms with van der Waals surface area (Å²) in [4.78, 5) is 30.3. The third-order valence-electron chi connectivity index (χ3n) is 10.1. The molecule has 3 aliphatic heterocycles. The van der Waals surface area contributed by atoms with Gasteiger partial charge in [0.1, 0.15) is 41.4 Å². The number of aromatic hydroxyl groups is 1. The summed E-state index contributed by atoms with van der Waals surface area (Å²) in [7, 11) is 1.35. The molecule has 0 bridgehead atoms. The molecule has 2 aromatic carbocycles. The molecule has 3 saturated heterocycles. The number of ether oxygens (including phenoxy) is 2. The van der Waals surface area contributed by atoms with Crippen LogP contribution >= 0.6 is 0 Å². The van der Waals surface area contributed by atoms with Gasteiger partial charge in [0.15, 0.2) is 5.82 Å². The summed E-state index contributed by atoms with van der Waals surface area (Å²) in [6, 6.07) is 5.68. The first-order valence-electron chi connectivity index (χ1n) is 15.7. The van der Waals surface area contributed by atoms with Crippen LogP contribution < -0.4 is 9.64 Å². The summed E-state index contributed by atoms with van der Waals surface area (Å²) in [6.07, 6.45) is 3.41. The number of alkyl halides is 1. The average molecular weight is 636 g/mol. The Morgan fingerprint density at radius 3 is 2.78 bits per heavy atom. The van der Waals surface area contributed by atoms with Gasteiger partial charge in [-0.05, 0) is 73.7 Å². The monoisotopic (exact) mass is 635 g/mol. The second-order valence-electron chi connectivity index (χ2n) is 13.1. The van der Waals surface area contributed by atoms with E-state index in [4.69, 9.17) is 14.5 Å². The summed E-state index contributed by atoms with van der Waals surface area (Å²) >= 11 is 0. The number of rotatable bonds is 7. The highest BCUT2D eigenvalue weighted by atomic mass is 19.1. The second-order valence-corrected chi connectivity index (χ2v) is 13.1. The van der Waals surface area contributed by atoms with Gasteiger partial charge < -0.3 is 19.5 Å². The molecule has 7 rings (SSSR count). The number of hydrogen-bond donors (Lipinski definition) is 1. The first-order valence-corrected chi connectivity index (χ1v) is 15.7. The Morgan fingerprint density at radius 1 is 1.17 bits per heavy atom. The minimum atomic E-state index is -0.946. The molecule has 1 N–H and O–H groups in total. The van der Waals surface area contributed by atoms with Gasteiger partial charge in [0.2, 0.25) is 0 Å². The number of phenolic OH excluding ortho intramolecular Hbond substituents is 1. The molecule has 5 heterocycles. The third kappa shape index (κ3) is 4.88. The number of pyridine rings is 1. The minimum absolute atomic E-state index is 0.0711. The van der Waals surface area contributed by atoms with E-state index in [1.54, 1.807) is 13.0 Å². The molecule has 3 fully saturated rings. The molecule has 3 aliphatic rings. The van der Waals surface area contributed by atoms with E-state index in [1.165, 1.54) is 31.5 Å². The fourth-order valence-corrected chi connectivity index (χ4v) is 7.75. The van der Waals surface area contributed by atoms with Crippen LogP contribution in [0.15, 0.2) is 30.5 Å². The van der Waals surface area contributed by atoms with Crippen LogP contribution in [0.3, 0.4) is 0 Å². The molecule has 242 valence electrons. The molecule has 3 atom stereocenters. The molecule has 0 radical (unpaired) electrons. The van der Waals surface area contributed by atoms with Crippen LogP contribution in [0.2, 0.25) is 0 Å². The van der Waals surface area contributed by atoms with Crippen LogP contribution in [-0.2, 0) is 16.0 Å². The van der Waals surface area contributed by atoms with Crippen LogP contribution in [0.25, 0.3) is 32.9 Å². The number of hydrogen-bond acceptors (Lipinski definition) is 9. The molecule has 12 heteroatoms. The van der Waals surface area contributed by atoms with E-state index in [2.05, 4.69) is 14.9 Å². The van der Waals surface area contributed by atoms with Crippen molar-refractivity contribution in [3.8, 4) is 23.0 Å². The molecule has 0 saturated carbocycles. The highest BCUT2D eigenvalue weighted by Crippen LogP contribution is 2.43. The number of methoxy groups -OCH3 is 1. The summed E-state index contributed by atoms with van der Waals surface area (Å²) in [5.74, 6) is -1.35. The lowest BCUT2D eigenvalue weighted by Crippen LogP contribution is -2.43. The Labute approximate surface area is 264 Å². The normalized spacial score (nSPS) is 24.7. The second kappa shape index (κ2) is 11.3. The third-order valence-corrected chi connectivity index (χ3v) is 10.1. The number of esters is 1. The van der Waals surface area contributed by atoms with Crippen molar-refractivity contribution < 1.29 is 32.5 Å². The molecule has 9 nitrogen and oxygen atoms in total. The van der Waals surface area contributed by atoms with Crippen molar-refractivity contribution >= 4 is 33.5 Å². The topological polar surface area (TPSA) is 101 Å². The number of fused-ring (bicyclic) bond motifs is 3. The molecule has 1 unspecified atom stereocenters. The number of carbonyl (C=O) groups excluding carboxylic acids is 1. The Bertz CT molecular complexity index is 1870. The van der Waals surface area contributed by atoms with Crippen LogP contribution in [0.4, 0.5) is 19.0 Å². The van der Waals surface area contributed by atoms with E-state index in [-0.39, 0.29) is 47.7 Å². The van der Waals surface area contributed by atoms with Crippen LogP contribution in [-0.4, -0.2) is 82.5 Å². The Balaban J connectivity index is 1.37. The van der Waals surface area contributed by atoms with E-state index < -0.39 is 28.8 Å². The zero-order chi connectivity index (χ0) is 32.4. The van der Waals surface area contributed by atoms with Gasteiger partial charge >= 0.3 is 12.0 Å². The maximum Gasteiger partial charge on any atom is 0.319 e. The molecule has 0 amide bonds. The van der Waals surface area contributed by atoms with Crippen LogP contribution in [0.5, 0.6) is 11.8 Å². The minimum Gasteiger partial charge on any atom is -0.508 e. The summed E-state index contributed by atoms with van der Waals surface area (Å²) in [5.41, 5.74) is -0.849. The van der Waals surface area contributed by atoms with Gasteiger partial charge in [0, 0.05) is 37.8 Å². The van der Waals surface area contributed by atoms with Gasteiger partial charge in [-0.25, -0.2) is 13.2 Å². The number of benzene rings is 2. The molecule has 46 heavy (non-hydrogen) atoms. The molecule has 4 aromatic rings. The lowest BCUT2D eigenvalue weighted by atomic mass is 9.90. The van der Waals surface area contributed by atoms with E-state index in [0.29, 0.717) is 59.9 Å². The van der Waals surface area contributed by atoms with Gasteiger partial charge in [0.05, 0.1) is 23.4 Å². The van der Waals surface area contributed by atoms with Gasteiger partial charge in [-0.3, -0.25) is 14.7 Å². The average Bonchev–Trinajstić information content (AvgIpc) is 3.71. The quantitative estimate of drug-likeness (QED) is 0.255. The number of halogens is 3. The predicted molar refractivity (Wildman–Crippen MR) is 167 cm³/mol. The molecule has 2 aromatic heterocycles. The lowest BCUT2D eigenvalue weighted by molar-refractivity contribution is -0.150. The van der Waals surface area contributed by atoms with Crippen molar-refractivity contribution in [2.75, 3.05) is 44.8 Å². The molecular weight excluding hydrogens is 599 g/mol. The summed E-state index contributed by atoms with van der Waals surface area (Å²) < 4.78 is 57.5. The highest BCUT2D eigenvalue weighted by molar-refractivity contribution is 6.01. The standard InChI is InChI=1S/C34H36F3N5O4/c1-4-22-25(36)7-6-19-12-21(43)13-23(26(19)22)28-27(37)29-24(15-38-28)30(41-11-9-33(2,17-41)31(44)45-3)40-32(39-29)46-18-34-8-5-10-42(34)16-20(35)14-34/h6-7,12-13,15,20,43H,4-5,8-11,14,16-18H2,1-3H3/t20-,33?,34+/m1/s1. The molecule has 0 aliphatic carbocycles. The van der Waals surface area contributed by atoms with Gasteiger partial charge in [0.25, 0.3) is 0 Å². The number of nitrogens with zero attached hydrogens (tertiary/aromatic N) is 5. The number of phenols is 1. The maximum absolute atomic E-state index is 16.8. The van der Waals surface area contributed by atoms with E-state index in [1.807, 2.05) is 11.8 Å². The van der Waals surface area contributed by atoms with Crippen molar-refractivity contribution in [3.63, 3.8) is 0 Å². The van der Waals surface area contributed by atoms with E-state index in [9.17, 15) is 18.7 Å². The van der Waals surface area contributed by atoms with Gasteiger partial charge in [-0.1, -0.05) is 13.0 Å². The summed E-state index contributed by atoms with van der Waals surface area (Å²) in [5, 5.41) is 11.9. The zero-order valence-electron chi connectivity index (χ0n) is 26.1. The smallest absolute Gasteiger partial charge is 0.319 e. The van der Waals surface area contributed by atoms with Crippen molar-refractivity contribution in [1.82, 2.24) is 19.9 Å². The highest BCUT2D eigenvalue weighted by Gasteiger charge is 2.49. The fourth-order valence-electron chi connectivity index (χ4n) is 7.75. The molecular formula is C34H36F3N5O4.